The number of amides is 1. The monoisotopic (exact) mass is 449 g/mol. The minimum Gasteiger partial charge on any atom is -0.503 e. The fourth-order valence-corrected chi connectivity index (χ4v) is 4.46. The summed E-state index contributed by atoms with van der Waals surface area (Å²) >= 11 is 0. The summed E-state index contributed by atoms with van der Waals surface area (Å²) in [6, 6.07) is 22.8. The molecule has 166 valence electrons. The molecular formula is C27H19N3O4. The number of para-hydroxylation sites is 1. The lowest BCUT2D eigenvalue weighted by Crippen LogP contribution is -2.31. The standard InChI is InChI=1S/C27H19N3O4/c1-15-11-12-18-19(13-15)29-27(28-18)30-23(16-7-3-2-4-8-16)22(25(32)26(30)33)24(31)21-14-17-9-5-6-10-20(17)34-21/h2-14,23,32H,1H3,(H,28,29). The molecule has 0 radical (unpaired) electrons. The molecule has 3 aromatic carbocycles. The first kappa shape index (κ1) is 20.0. The summed E-state index contributed by atoms with van der Waals surface area (Å²) in [6.07, 6.45) is 0. The van der Waals surface area contributed by atoms with Gasteiger partial charge in [-0.25, -0.2) is 4.98 Å². The molecule has 0 aliphatic carbocycles. The third-order valence-electron chi connectivity index (χ3n) is 6.07. The summed E-state index contributed by atoms with van der Waals surface area (Å²) in [5.41, 5.74) is 3.64. The number of nitrogens with zero attached hydrogens (tertiary/aromatic N) is 2. The van der Waals surface area contributed by atoms with Gasteiger partial charge in [0.1, 0.15) is 5.58 Å². The van der Waals surface area contributed by atoms with Gasteiger partial charge >= 0.3 is 0 Å². The first-order valence-electron chi connectivity index (χ1n) is 10.8. The number of benzene rings is 3. The molecule has 1 amide bonds. The number of ketones is 1. The molecule has 0 bridgehead atoms. The summed E-state index contributed by atoms with van der Waals surface area (Å²) in [5, 5.41) is 11.7. The van der Waals surface area contributed by atoms with Crippen LogP contribution in [0.25, 0.3) is 22.0 Å². The zero-order valence-electron chi connectivity index (χ0n) is 18.1. The Morgan fingerprint density at radius 3 is 2.59 bits per heavy atom. The first-order valence-corrected chi connectivity index (χ1v) is 10.8. The molecule has 0 saturated heterocycles. The van der Waals surface area contributed by atoms with Gasteiger partial charge in [0.15, 0.2) is 11.5 Å². The van der Waals surface area contributed by atoms with E-state index in [0.717, 1.165) is 16.5 Å². The molecule has 0 saturated carbocycles. The Balaban J connectivity index is 1.51. The number of hydrogen-bond donors (Lipinski definition) is 2. The molecule has 7 nitrogen and oxygen atoms in total. The van der Waals surface area contributed by atoms with Gasteiger partial charge in [0.2, 0.25) is 11.7 Å². The highest BCUT2D eigenvalue weighted by molar-refractivity contribution is 6.20. The average Bonchev–Trinajstić information content (AvgIpc) is 3.53. The van der Waals surface area contributed by atoms with Gasteiger partial charge in [0.25, 0.3) is 5.91 Å². The van der Waals surface area contributed by atoms with Crippen LogP contribution in [0.1, 0.15) is 27.7 Å². The van der Waals surface area contributed by atoms with Crippen LogP contribution in [0.3, 0.4) is 0 Å². The van der Waals surface area contributed by atoms with Crippen LogP contribution in [0.2, 0.25) is 0 Å². The van der Waals surface area contributed by atoms with Crippen LogP contribution in [0.15, 0.2) is 94.6 Å². The van der Waals surface area contributed by atoms with Gasteiger partial charge in [-0.05, 0) is 42.3 Å². The third-order valence-corrected chi connectivity index (χ3v) is 6.07. The molecule has 3 heterocycles. The van der Waals surface area contributed by atoms with Crippen LogP contribution in [0.4, 0.5) is 5.95 Å². The number of hydrogen-bond acceptors (Lipinski definition) is 5. The topological polar surface area (TPSA) is 99.4 Å². The number of fused-ring (bicyclic) bond motifs is 2. The number of aliphatic hydroxyl groups excluding tert-OH is 1. The Morgan fingerprint density at radius 1 is 1.03 bits per heavy atom. The number of nitrogens with one attached hydrogen (secondary N) is 1. The van der Waals surface area contributed by atoms with Gasteiger partial charge in [-0.2, -0.15) is 0 Å². The Labute approximate surface area is 194 Å². The van der Waals surface area contributed by atoms with Crippen molar-refractivity contribution >= 4 is 39.6 Å². The number of aromatic amines is 1. The molecule has 1 atom stereocenters. The van der Waals surface area contributed by atoms with E-state index in [9.17, 15) is 14.7 Å². The smallest absolute Gasteiger partial charge is 0.296 e. The number of aryl methyl sites for hydroxylation is 1. The van der Waals surface area contributed by atoms with Crippen LogP contribution in [-0.4, -0.2) is 26.8 Å². The summed E-state index contributed by atoms with van der Waals surface area (Å²) in [4.78, 5) is 36.0. The lowest BCUT2D eigenvalue weighted by molar-refractivity contribution is -0.117. The van der Waals surface area contributed by atoms with E-state index in [1.807, 2.05) is 73.7 Å². The van der Waals surface area contributed by atoms with Crippen molar-refractivity contribution in [2.24, 2.45) is 0 Å². The number of carbonyl (C=O) groups is 2. The molecule has 2 aromatic heterocycles. The van der Waals surface area contributed by atoms with Gasteiger partial charge < -0.3 is 14.5 Å². The Kier molecular flexibility index (Phi) is 4.38. The van der Waals surface area contributed by atoms with Gasteiger partial charge in [0.05, 0.1) is 22.6 Å². The largest absolute Gasteiger partial charge is 0.503 e. The van der Waals surface area contributed by atoms with Crippen LogP contribution in [0, 0.1) is 6.92 Å². The van der Waals surface area contributed by atoms with Crippen molar-refractivity contribution in [1.29, 1.82) is 0 Å². The summed E-state index contributed by atoms with van der Waals surface area (Å²) in [6.45, 7) is 1.96. The van der Waals surface area contributed by atoms with Crippen LogP contribution in [-0.2, 0) is 4.79 Å². The SMILES string of the molecule is Cc1ccc2nc(N3C(=O)C(O)=C(C(=O)c4cc5ccccc5o4)C3c3ccccc3)[nH]c2c1. The predicted molar refractivity (Wildman–Crippen MR) is 128 cm³/mol. The highest BCUT2D eigenvalue weighted by Crippen LogP contribution is 2.41. The second-order valence-electron chi connectivity index (χ2n) is 8.31. The number of aromatic nitrogens is 2. The molecule has 5 aromatic rings. The fourth-order valence-electron chi connectivity index (χ4n) is 4.46. The van der Waals surface area contributed by atoms with E-state index in [0.29, 0.717) is 16.7 Å². The molecule has 1 aliphatic heterocycles. The fraction of sp³-hybridized carbons (Fsp3) is 0.0741. The molecule has 34 heavy (non-hydrogen) atoms. The number of Topliss-reactive ketones (excluding diaryl/α,β-unsaturated/α-hetero) is 1. The number of aliphatic hydroxyl groups is 1. The molecule has 1 aliphatic rings. The van der Waals surface area contributed by atoms with E-state index in [2.05, 4.69) is 9.97 Å². The Hall–Kier alpha value is -4.65. The normalized spacial score (nSPS) is 16.2. The third kappa shape index (κ3) is 3.02. The lowest BCUT2D eigenvalue weighted by atomic mass is 9.95. The van der Waals surface area contributed by atoms with Gasteiger partial charge in [-0.15, -0.1) is 0 Å². The molecule has 2 N–H and O–H groups in total. The second kappa shape index (κ2) is 7.45. The highest BCUT2D eigenvalue weighted by atomic mass is 16.3. The van der Waals surface area contributed by atoms with E-state index in [4.69, 9.17) is 4.42 Å². The zero-order chi connectivity index (χ0) is 23.4. The maximum absolute atomic E-state index is 13.6. The minimum atomic E-state index is -0.879. The lowest BCUT2D eigenvalue weighted by Gasteiger charge is -2.24. The van der Waals surface area contributed by atoms with Crippen molar-refractivity contribution in [2.45, 2.75) is 13.0 Å². The highest BCUT2D eigenvalue weighted by Gasteiger charge is 2.46. The molecule has 6 rings (SSSR count). The maximum Gasteiger partial charge on any atom is 0.296 e. The van der Waals surface area contributed by atoms with Crippen molar-refractivity contribution in [3.8, 4) is 0 Å². The first-order chi connectivity index (χ1) is 16.5. The summed E-state index contributed by atoms with van der Waals surface area (Å²) < 4.78 is 5.76. The van der Waals surface area contributed by atoms with E-state index in [1.54, 1.807) is 12.1 Å². The Morgan fingerprint density at radius 2 is 1.79 bits per heavy atom. The van der Waals surface area contributed by atoms with E-state index < -0.39 is 23.5 Å². The maximum atomic E-state index is 13.6. The number of anilines is 1. The number of furan rings is 1. The molecular weight excluding hydrogens is 430 g/mol. The average molecular weight is 449 g/mol. The number of H-pyrrole nitrogens is 1. The zero-order valence-corrected chi connectivity index (χ0v) is 18.1. The number of rotatable bonds is 4. The molecule has 0 fully saturated rings. The number of carbonyl (C=O) groups excluding carboxylic acids is 2. The quantitative estimate of drug-likeness (QED) is 0.358. The van der Waals surface area contributed by atoms with E-state index in [-0.39, 0.29) is 17.3 Å². The van der Waals surface area contributed by atoms with Crippen molar-refractivity contribution in [2.75, 3.05) is 4.90 Å². The van der Waals surface area contributed by atoms with Gasteiger partial charge in [-0.1, -0.05) is 54.6 Å². The molecule has 1 unspecified atom stereocenters. The van der Waals surface area contributed by atoms with Crippen molar-refractivity contribution < 1.29 is 19.1 Å². The van der Waals surface area contributed by atoms with Crippen molar-refractivity contribution in [1.82, 2.24) is 9.97 Å². The Bertz CT molecular complexity index is 1590. The van der Waals surface area contributed by atoms with Crippen LogP contribution >= 0.6 is 0 Å². The second-order valence-corrected chi connectivity index (χ2v) is 8.31. The van der Waals surface area contributed by atoms with Gasteiger partial charge in [0, 0.05) is 5.39 Å². The predicted octanol–water partition coefficient (Wildman–Crippen LogP) is 5.40. The number of imidazole rings is 1. The molecule has 0 spiro atoms. The van der Waals surface area contributed by atoms with Crippen LogP contribution < -0.4 is 4.90 Å². The van der Waals surface area contributed by atoms with Gasteiger partial charge in [-0.3, -0.25) is 14.5 Å². The van der Waals surface area contributed by atoms with Crippen molar-refractivity contribution in [3.05, 3.63) is 107 Å². The summed E-state index contributed by atoms with van der Waals surface area (Å²) in [5.74, 6) is -1.57. The van der Waals surface area contributed by atoms with E-state index >= 15 is 0 Å². The van der Waals surface area contributed by atoms with Crippen molar-refractivity contribution in [3.63, 3.8) is 0 Å². The summed E-state index contributed by atoms with van der Waals surface area (Å²) in [7, 11) is 0. The molecule has 7 heteroatoms. The van der Waals surface area contributed by atoms with Crippen LogP contribution in [0.5, 0.6) is 0 Å². The van der Waals surface area contributed by atoms with E-state index in [1.165, 1.54) is 4.90 Å². The minimum absolute atomic E-state index is 0.0492.